The van der Waals surface area contributed by atoms with Crippen LogP contribution in [0.5, 0.6) is 0 Å². The maximum Gasteiger partial charge on any atom is 0.256 e. The lowest BCUT2D eigenvalue weighted by Crippen LogP contribution is -2.37. The average Bonchev–Trinajstić information content (AvgIpc) is 3.09. The van der Waals surface area contributed by atoms with E-state index in [-0.39, 0.29) is 0 Å². The van der Waals surface area contributed by atoms with E-state index in [1.165, 1.54) is 129 Å². The number of unbranched alkanes of at least 4 members (excludes halogenated alkanes) is 14. The Morgan fingerprint density at radius 2 is 1.11 bits per heavy atom. The molecule has 2 nitrogen and oxygen atoms in total. The highest BCUT2D eigenvalue weighted by atomic mass is 15.1. The van der Waals surface area contributed by atoms with Crippen LogP contribution in [-0.2, 0) is 19.5 Å². The highest BCUT2D eigenvalue weighted by Crippen LogP contribution is 2.12. The van der Waals surface area contributed by atoms with Gasteiger partial charge in [0.05, 0.1) is 13.1 Å². The number of imidazole rings is 1. The minimum absolute atomic E-state index is 1.20. The van der Waals surface area contributed by atoms with Gasteiger partial charge in [-0.3, -0.25) is 0 Å². The minimum atomic E-state index is 1.20. The second-order valence-corrected chi connectivity index (χ2v) is 8.80. The van der Waals surface area contributed by atoms with Crippen molar-refractivity contribution in [2.45, 2.75) is 149 Å². The molecule has 0 saturated heterocycles. The molecule has 0 aliphatic heterocycles. The van der Waals surface area contributed by atoms with Crippen LogP contribution in [0.25, 0.3) is 0 Å². The molecule has 0 aliphatic rings. The standard InChI is InChI=1S/C26H51N2/c1-4-7-10-12-13-14-15-16-18-20-23-28-25-24-27(22-9-6-3)26(28)21-19-17-11-8-5-2/h24-25H,4-23H2,1-3H3/q+1. The molecule has 2 heteroatoms. The summed E-state index contributed by atoms with van der Waals surface area (Å²) in [6.07, 6.45) is 29.7. The Morgan fingerprint density at radius 3 is 1.68 bits per heavy atom. The van der Waals surface area contributed by atoms with E-state index >= 15 is 0 Å². The Balaban J connectivity index is 2.27. The van der Waals surface area contributed by atoms with Crippen molar-refractivity contribution >= 4 is 0 Å². The minimum Gasteiger partial charge on any atom is -0.234 e. The number of rotatable bonds is 20. The molecule has 1 heterocycles. The number of aryl methyl sites for hydroxylation is 2. The first kappa shape index (κ1) is 25.2. The first-order valence-electron chi connectivity index (χ1n) is 12.9. The first-order valence-corrected chi connectivity index (χ1v) is 12.9. The Bertz CT molecular complexity index is 449. The molecule has 1 aromatic heterocycles. The lowest BCUT2D eigenvalue weighted by Gasteiger charge is -2.06. The monoisotopic (exact) mass is 391 g/mol. The van der Waals surface area contributed by atoms with Crippen LogP contribution in [0.3, 0.4) is 0 Å². The number of aromatic nitrogens is 2. The number of hydrogen-bond acceptors (Lipinski definition) is 0. The van der Waals surface area contributed by atoms with E-state index in [9.17, 15) is 0 Å². The van der Waals surface area contributed by atoms with Gasteiger partial charge in [-0.1, -0.05) is 104 Å². The molecule has 0 aliphatic carbocycles. The van der Waals surface area contributed by atoms with Crippen LogP contribution in [0.1, 0.15) is 136 Å². The third-order valence-electron chi connectivity index (χ3n) is 6.10. The highest BCUT2D eigenvalue weighted by Gasteiger charge is 2.16. The maximum atomic E-state index is 2.57. The lowest BCUT2D eigenvalue weighted by molar-refractivity contribution is -0.704. The van der Waals surface area contributed by atoms with Crippen molar-refractivity contribution in [2.24, 2.45) is 0 Å². The fraction of sp³-hybridized carbons (Fsp3) is 0.885. The molecule has 0 atom stereocenters. The van der Waals surface area contributed by atoms with Gasteiger partial charge in [0.25, 0.3) is 5.82 Å². The molecule has 0 saturated carbocycles. The summed E-state index contributed by atoms with van der Waals surface area (Å²) >= 11 is 0. The maximum absolute atomic E-state index is 2.57. The van der Waals surface area contributed by atoms with Gasteiger partial charge in [0.2, 0.25) is 0 Å². The molecule has 28 heavy (non-hydrogen) atoms. The summed E-state index contributed by atoms with van der Waals surface area (Å²) in [6.45, 7) is 9.32. The van der Waals surface area contributed by atoms with E-state index in [0.717, 1.165) is 0 Å². The summed E-state index contributed by atoms with van der Waals surface area (Å²) in [5.74, 6) is 1.58. The van der Waals surface area contributed by atoms with Crippen molar-refractivity contribution in [1.82, 2.24) is 4.57 Å². The van der Waals surface area contributed by atoms with Crippen molar-refractivity contribution < 1.29 is 4.57 Å². The van der Waals surface area contributed by atoms with Crippen LogP contribution < -0.4 is 4.57 Å². The van der Waals surface area contributed by atoms with Crippen LogP contribution in [0.2, 0.25) is 0 Å². The van der Waals surface area contributed by atoms with E-state index in [4.69, 9.17) is 0 Å². The normalized spacial score (nSPS) is 11.4. The number of hydrogen-bond donors (Lipinski definition) is 0. The van der Waals surface area contributed by atoms with Gasteiger partial charge >= 0.3 is 0 Å². The van der Waals surface area contributed by atoms with E-state index < -0.39 is 0 Å². The smallest absolute Gasteiger partial charge is 0.234 e. The summed E-state index contributed by atoms with van der Waals surface area (Å²) < 4.78 is 5.11. The van der Waals surface area contributed by atoms with E-state index in [2.05, 4.69) is 42.3 Å². The zero-order valence-electron chi connectivity index (χ0n) is 19.7. The van der Waals surface area contributed by atoms with Gasteiger partial charge in [-0.25, -0.2) is 9.13 Å². The predicted octanol–water partition coefficient (Wildman–Crippen LogP) is 8.01. The topological polar surface area (TPSA) is 8.81 Å². The summed E-state index contributed by atoms with van der Waals surface area (Å²) in [6, 6.07) is 0. The average molecular weight is 392 g/mol. The molecule has 0 unspecified atom stereocenters. The Kier molecular flexibility index (Phi) is 16.5. The Labute approximate surface area is 177 Å². The quantitative estimate of drug-likeness (QED) is 0.157. The molecule has 0 N–H and O–H groups in total. The van der Waals surface area contributed by atoms with E-state index in [1.807, 2.05) is 0 Å². The van der Waals surface area contributed by atoms with Gasteiger partial charge in [-0.05, 0) is 25.7 Å². The molecule has 0 spiro atoms. The van der Waals surface area contributed by atoms with Gasteiger partial charge in [0, 0.05) is 6.42 Å². The second-order valence-electron chi connectivity index (χ2n) is 8.80. The van der Waals surface area contributed by atoms with Gasteiger partial charge in [0.15, 0.2) is 0 Å². The molecule has 1 aromatic rings. The van der Waals surface area contributed by atoms with Crippen LogP contribution >= 0.6 is 0 Å². The SMILES string of the molecule is CCCCCCCCCCCC[n+]1ccn(CCCC)c1CCCCCCC. The first-order chi connectivity index (χ1) is 13.8. The van der Waals surface area contributed by atoms with E-state index in [1.54, 1.807) is 5.82 Å². The lowest BCUT2D eigenvalue weighted by atomic mass is 10.1. The Morgan fingerprint density at radius 1 is 0.607 bits per heavy atom. The molecular weight excluding hydrogens is 340 g/mol. The van der Waals surface area contributed by atoms with Crippen molar-refractivity contribution in [2.75, 3.05) is 0 Å². The third kappa shape index (κ3) is 11.9. The van der Waals surface area contributed by atoms with Gasteiger partial charge in [-0.15, -0.1) is 0 Å². The van der Waals surface area contributed by atoms with Crippen molar-refractivity contribution in [3.05, 3.63) is 18.2 Å². The van der Waals surface area contributed by atoms with Crippen LogP contribution in [0.15, 0.2) is 12.4 Å². The summed E-state index contributed by atoms with van der Waals surface area (Å²) in [5, 5.41) is 0. The fourth-order valence-electron chi connectivity index (χ4n) is 4.18. The van der Waals surface area contributed by atoms with Gasteiger partial charge < -0.3 is 0 Å². The third-order valence-corrected chi connectivity index (χ3v) is 6.10. The largest absolute Gasteiger partial charge is 0.256 e. The van der Waals surface area contributed by atoms with Gasteiger partial charge in [-0.2, -0.15) is 0 Å². The van der Waals surface area contributed by atoms with E-state index in [0.29, 0.717) is 0 Å². The summed E-state index contributed by atoms with van der Waals surface area (Å²) in [5.41, 5.74) is 0. The molecule has 164 valence electrons. The molecular formula is C26H51N2+. The second kappa shape index (κ2) is 18.3. The van der Waals surface area contributed by atoms with Crippen LogP contribution in [0, 0.1) is 0 Å². The Hall–Kier alpha value is -0.790. The van der Waals surface area contributed by atoms with Gasteiger partial charge in [0.1, 0.15) is 12.4 Å². The molecule has 0 fully saturated rings. The van der Waals surface area contributed by atoms with Crippen LogP contribution in [-0.4, -0.2) is 4.57 Å². The predicted molar refractivity (Wildman–Crippen MR) is 124 cm³/mol. The zero-order valence-corrected chi connectivity index (χ0v) is 19.7. The van der Waals surface area contributed by atoms with Crippen molar-refractivity contribution in [3.8, 4) is 0 Å². The molecule has 1 rings (SSSR count). The summed E-state index contributed by atoms with van der Waals surface area (Å²) in [7, 11) is 0. The molecule has 0 aromatic carbocycles. The van der Waals surface area contributed by atoms with Crippen molar-refractivity contribution in [3.63, 3.8) is 0 Å². The zero-order chi connectivity index (χ0) is 20.3. The summed E-state index contributed by atoms with van der Waals surface area (Å²) in [4.78, 5) is 0. The molecule has 0 bridgehead atoms. The molecule has 0 amide bonds. The number of nitrogens with zero attached hydrogens (tertiary/aromatic N) is 2. The fourth-order valence-corrected chi connectivity index (χ4v) is 4.18. The van der Waals surface area contributed by atoms with Crippen molar-refractivity contribution in [1.29, 1.82) is 0 Å². The van der Waals surface area contributed by atoms with Crippen LogP contribution in [0.4, 0.5) is 0 Å². The molecule has 0 radical (unpaired) electrons. The highest BCUT2D eigenvalue weighted by molar-refractivity contribution is 4.84.